The number of hydrogen-bond acceptors (Lipinski definition) is 7. The number of benzene rings is 2. The molecule has 4 rings (SSSR count). The SMILES string of the molecule is CCC(CC)C(=O)OCc1ccc(Cn2cnc3c(NC(=O)OCc4ccccc4)ncnc32)cc1. The van der Waals surface area contributed by atoms with Crippen LogP contribution in [0.5, 0.6) is 0 Å². The average Bonchev–Trinajstić information content (AvgIpc) is 3.32. The highest BCUT2D eigenvalue weighted by Gasteiger charge is 2.16. The summed E-state index contributed by atoms with van der Waals surface area (Å²) in [5.41, 5.74) is 3.90. The number of ether oxygens (including phenoxy) is 2. The van der Waals surface area contributed by atoms with Crippen LogP contribution in [-0.2, 0) is 34.0 Å². The summed E-state index contributed by atoms with van der Waals surface area (Å²) in [4.78, 5) is 37.3. The first kappa shape index (κ1) is 24.8. The predicted molar refractivity (Wildman–Crippen MR) is 135 cm³/mol. The van der Waals surface area contributed by atoms with E-state index in [-0.39, 0.29) is 30.9 Å². The Labute approximate surface area is 209 Å². The third-order valence-electron chi connectivity index (χ3n) is 5.91. The summed E-state index contributed by atoms with van der Waals surface area (Å²) in [6.45, 7) is 4.92. The molecule has 9 heteroatoms. The van der Waals surface area contributed by atoms with Gasteiger partial charge in [0.05, 0.1) is 18.8 Å². The van der Waals surface area contributed by atoms with E-state index in [2.05, 4.69) is 20.3 Å². The lowest BCUT2D eigenvalue weighted by Crippen LogP contribution is -2.16. The van der Waals surface area contributed by atoms with Gasteiger partial charge in [-0.05, 0) is 29.5 Å². The standard InChI is InChI=1S/C27H29N5O4/c1-3-22(4-2)26(33)35-15-21-12-10-19(11-13-21)14-32-18-30-23-24(28-17-29-25(23)32)31-27(34)36-16-20-8-6-5-7-9-20/h5-13,17-18,22H,3-4,14-16H2,1-2H3,(H,28,29,31,34). The van der Waals surface area contributed by atoms with Gasteiger partial charge in [0.2, 0.25) is 0 Å². The van der Waals surface area contributed by atoms with Crippen LogP contribution in [0.15, 0.2) is 67.3 Å². The first-order chi connectivity index (χ1) is 17.6. The number of rotatable bonds is 10. The molecular weight excluding hydrogens is 458 g/mol. The molecule has 0 aliphatic rings. The van der Waals surface area contributed by atoms with Crippen molar-refractivity contribution in [3.05, 3.63) is 83.9 Å². The van der Waals surface area contributed by atoms with Crippen LogP contribution in [0.3, 0.4) is 0 Å². The van der Waals surface area contributed by atoms with Crippen LogP contribution in [-0.4, -0.2) is 31.6 Å². The van der Waals surface area contributed by atoms with Crippen molar-refractivity contribution in [2.24, 2.45) is 5.92 Å². The molecule has 4 aromatic rings. The van der Waals surface area contributed by atoms with Crippen molar-refractivity contribution in [1.82, 2.24) is 19.5 Å². The third kappa shape index (κ3) is 6.24. The summed E-state index contributed by atoms with van der Waals surface area (Å²) in [6.07, 6.45) is 3.98. The molecule has 2 aromatic carbocycles. The molecule has 0 saturated carbocycles. The van der Waals surface area contributed by atoms with Gasteiger partial charge in [-0.15, -0.1) is 0 Å². The van der Waals surface area contributed by atoms with Crippen LogP contribution >= 0.6 is 0 Å². The number of nitrogens with zero attached hydrogens (tertiary/aromatic N) is 4. The molecule has 2 aromatic heterocycles. The Hall–Kier alpha value is -4.27. The zero-order valence-corrected chi connectivity index (χ0v) is 20.4. The van der Waals surface area contributed by atoms with Gasteiger partial charge in [0.25, 0.3) is 0 Å². The maximum atomic E-state index is 12.3. The van der Waals surface area contributed by atoms with Crippen LogP contribution in [0.1, 0.15) is 43.4 Å². The summed E-state index contributed by atoms with van der Waals surface area (Å²) in [5.74, 6) is 0.0827. The number of nitrogens with one attached hydrogen (secondary N) is 1. The minimum atomic E-state index is -0.617. The lowest BCUT2D eigenvalue weighted by Gasteiger charge is -2.12. The van der Waals surface area contributed by atoms with Gasteiger partial charge in [0.15, 0.2) is 17.0 Å². The lowest BCUT2D eigenvalue weighted by molar-refractivity contribution is -0.150. The number of carbonyl (C=O) groups is 2. The molecule has 2 heterocycles. The second-order valence-corrected chi connectivity index (χ2v) is 8.39. The molecule has 0 saturated heterocycles. The van der Waals surface area contributed by atoms with Crippen molar-refractivity contribution < 1.29 is 19.1 Å². The van der Waals surface area contributed by atoms with Gasteiger partial charge in [0.1, 0.15) is 19.5 Å². The monoisotopic (exact) mass is 487 g/mol. The van der Waals surface area contributed by atoms with Crippen molar-refractivity contribution in [2.45, 2.75) is 46.4 Å². The number of hydrogen-bond donors (Lipinski definition) is 1. The minimum Gasteiger partial charge on any atom is -0.461 e. The molecule has 36 heavy (non-hydrogen) atoms. The van der Waals surface area contributed by atoms with E-state index in [0.29, 0.717) is 17.7 Å². The number of aromatic nitrogens is 4. The first-order valence-corrected chi connectivity index (χ1v) is 11.9. The van der Waals surface area contributed by atoms with Gasteiger partial charge in [-0.3, -0.25) is 10.1 Å². The van der Waals surface area contributed by atoms with Crippen LogP contribution in [0.4, 0.5) is 10.6 Å². The zero-order chi connectivity index (χ0) is 25.3. The molecule has 1 amide bonds. The molecule has 0 radical (unpaired) electrons. The van der Waals surface area contributed by atoms with Crippen LogP contribution in [0.25, 0.3) is 11.2 Å². The number of esters is 1. The van der Waals surface area contributed by atoms with Crippen LogP contribution in [0.2, 0.25) is 0 Å². The number of amides is 1. The van der Waals surface area contributed by atoms with Gasteiger partial charge < -0.3 is 14.0 Å². The van der Waals surface area contributed by atoms with Crippen molar-refractivity contribution >= 4 is 29.0 Å². The molecule has 0 aliphatic heterocycles. The average molecular weight is 488 g/mol. The van der Waals surface area contributed by atoms with E-state index in [1.807, 2.05) is 73.0 Å². The van der Waals surface area contributed by atoms with Gasteiger partial charge >= 0.3 is 12.1 Å². The Bertz CT molecular complexity index is 1300. The molecule has 0 spiro atoms. The molecule has 0 unspecified atom stereocenters. The highest BCUT2D eigenvalue weighted by Crippen LogP contribution is 2.19. The quantitative estimate of drug-likeness (QED) is 0.310. The van der Waals surface area contributed by atoms with E-state index in [4.69, 9.17) is 9.47 Å². The second-order valence-electron chi connectivity index (χ2n) is 8.39. The van der Waals surface area contributed by atoms with Crippen molar-refractivity contribution in [3.8, 4) is 0 Å². The Morgan fingerprint density at radius 3 is 2.25 bits per heavy atom. The van der Waals surface area contributed by atoms with Crippen LogP contribution in [0, 0.1) is 5.92 Å². The lowest BCUT2D eigenvalue weighted by atomic mass is 10.0. The Morgan fingerprint density at radius 2 is 1.53 bits per heavy atom. The molecule has 9 nitrogen and oxygen atoms in total. The van der Waals surface area contributed by atoms with E-state index in [1.54, 1.807) is 6.33 Å². The number of carbonyl (C=O) groups excluding carboxylic acids is 2. The molecule has 186 valence electrons. The summed E-state index contributed by atoms with van der Waals surface area (Å²) in [6, 6.07) is 17.3. The molecule has 0 atom stereocenters. The minimum absolute atomic E-state index is 0.0501. The number of fused-ring (bicyclic) bond motifs is 1. The molecule has 0 aliphatic carbocycles. The van der Waals surface area contributed by atoms with Gasteiger partial charge in [-0.1, -0.05) is 68.4 Å². The number of anilines is 1. The van der Waals surface area contributed by atoms with Crippen molar-refractivity contribution in [2.75, 3.05) is 5.32 Å². The van der Waals surface area contributed by atoms with Gasteiger partial charge in [-0.25, -0.2) is 19.7 Å². The fourth-order valence-electron chi connectivity index (χ4n) is 3.78. The Balaban J connectivity index is 1.37. The molecule has 0 bridgehead atoms. The van der Waals surface area contributed by atoms with Crippen molar-refractivity contribution in [3.63, 3.8) is 0 Å². The summed E-state index contributed by atoms with van der Waals surface area (Å²) in [7, 11) is 0. The summed E-state index contributed by atoms with van der Waals surface area (Å²) < 4.78 is 12.6. The van der Waals surface area contributed by atoms with E-state index in [1.165, 1.54) is 6.33 Å². The molecule has 0 fully saturated rings. The van der Waals surface area contributed by atoms with Gasteiger partial charge in [0, 0.05) is 0 Å². The van der Waals surface area contributed by atoms with E-state index < -0.39 is 6.09 Å². The van der Waals surface area contributed by atoms with Gasteiger partial charge in [-0.2, -0.15) is 0 Å². The van der Waals surface area contributed by atoms with E-state index >= 15 is 0 Å². The smallest absolute Gasteiger partial charge is 0.413 e. The largest absolute Gasteiger partial charge is 0.461 e. The zero-order valence-electron chi connectivity index (χ0n) is 20.4. The predicted octanol–water partition coefficient (Wildman–Crippen LogP) is 5.10. The fraction of sp³-hybridized carbons (Fsp3) is 0.296. The maximum absolute atomic E-state index is 12.3. The summed E-state index contributed by atoms with van der Waals surface area (Å²) in [5, 5.41) is 2.65. The first-order valence-electron chi connectivity index (χ1n) is 11.9. The second kappa shape index (κ2) is 11.9. The highest BCUT2D eigenvalue weighted by molar-refractivity contribution is 5.93. The highest BCUT2D eigenvalue weighted by atomic mass is 16.5. The summed E-state index contributed by atoms with van der Waals surface area (Å²) >= 11 is 0. The van der Waals surface area contributed by atoms with E-state index in [9.17, 15) is 9.59 Å². The van der Waals surface area contributed by atoms with Crippen molar-refractivity contribution in [1.29, 1.82) is 0 Å². The maximum Gasteiger partial charge on any atom is 0.413 e. The van der Waals surface area contributed by atoms with Crippen LogP contribution < -0.4 is 5.32 Å². The topological polar surface area (TPSA) is 108 Å². The van der Waals surface area contributed by atoms with E-state index in [0.717, 1.165) is 29.5 Å². The number of imidazole rings is 1. The Kier molecular flexibility index (Phi) is 8.23. The fourth-order valence-corrected chi connectivity index (χ4v) is 3.78. The molecule has 1 N–H and O–H groups in total. The molecular formula is C27H29N5O4. The third-order valence-corrected chi connectivity index (χ3v) is 5.91. The Morgan fingerprint density at radius 1 is 0.861 bits per heavy atom. The normalized spacial score (nSPS) is 11.0.